The van der Waals surface area contributed by atoms with E-state index in [9.17, 15) is 8.78 Å². The molecule has 16 heavy (non-hydrogen) atoms. The van der Waals surface area contributed by atoms with Crippen LogP contribution in [-0.4, -0.2) is 42.7 Å². The Hall–Kier alpha value is -0.220. The fourth-order valence-electron chi connectivity index (χ4n) is 3.06. The Bertz CT molecular complexity index is 247. The summed E-state index contributed by atoms with van der Waals surface area (Å²) in [4.78, 5) is 2.23. The first-order valence-electron chi connectivity index (χ1n) is 6.18. The minimum atomic E-state index is -2.18. The predicted octanol–water partition coefficient (Wildman–Crippen LogP) is 2.53. The largest absolute Gasteiger partial charge is 0.377 e. The Morgan fingerprint density at radius 2 is 2.19 bits per heavy atom. The fourth-order valence-corrected chi connectivity index (χ4v) is 3.06. The Labute approximate surface area is 95.9 Å². The van der Waals surface area contributed by atoms with Gasteiger partial charge in [0.05, 0.1) is 12.7 Å². The molecule has 4 heteroatoms. The summed E-state index contributed by atoms with van der Waals surface area (Å²) in [6.07, 6.45) is 0.751. The van der Waals surface area contributed by atoms with Gasteiger partial charge in [0.25, 0.3) is 0 Å². The van der Waals surface area contributed by atoms with Crippen molar-refractivity contribution in [1.82, 2.24) is 4.90 Å². The Morgan fingerprint density at radius 1 is 1.44 bits per heavy atom. The maximum atomic E-state index is 12.7. The molecule has 0 aromatic carbocycles. The molecule has 2 heterocycles. The van der Waals surface area contributed by atoms with Gasteiger partial charge >= 0.3 is 0 Å². The van der Waals surface area contributed by atoms with E-state index in [1.54, 1.807) is 0 Å². The lowest BCUT2D eigenvalue weighted by Crippen LogP contribution is -2.43. The summed E-state index contributed by atoms with van der Waals surface area (Å²) in [5.74, 6) is -0.448. The second kappa shape index (κ2) is 4.57. The molecule has 2 saturated heterocycles. The van der Waals surface area contributed by atoms with Gasteiger partial charge in [-0.1, -0.05) is 0 Å². The highest BCUT2D eigenvalue weighted by Gasteiger charge is 2.50. The lowest BCUT2D eigenvalue weighted by molar-refractivity contribution is 0.00193. The van der Waals surface area contributed by atoms with Crippen molar-refractivity contribution in [2.45, 2.75) is 51.2 Å². The molecule has 2 fully saturated rings. The molecule has 0 spiro atoms. The first-order chi connectivity index (χ1) is 7.53. The van der Waals surface area contributed by atoms with Crippen molar-refractivity contribution in [2.24, 2.45) is 5.92 Å². The van der Waals surface area contributed by atoms with Crippen molar-refractivity contribution >= 4 is 0 Å². The van der Waals surface area contributed by atoms with Gasteiger partial charge in [-0.25, -0.2) is 8.78 Å². The lowest BCUT2D eigenvalue weighted by Gasteiger charge is -2.32. The second-order valence-electron chi connectivity index (χ2n) is 5.43. The van der Waals surface area contributed by atoms with Gasteiger partial charge in [-0.05, 0) is 39.7 Å². The van der Waals surface area contributed by atoms with Gasteiger partial charge in [-0.15, -0.1) is 0 Å². The van der Waals surface area contributed by atoms with Gasteiger partial charge < -0.3 is 4.74 Å². The number of rotatable bonds is 4. The molecule has 0 N–H and O–H groups in total. The first-order valence-corrected chi connectivity index (χ1v) is 6.18. The molecule has 0 radical (unpaired) electrons. The monoisotopic (exact) mass is 233 g/mol. The van der Waals surface area contributed by atoms with E-state index < -0.39 is 12.3 Å². The number of halogens is 2. The SMILES string of the molecule is CC(C)OC[C@@]12CCCN1C[C@H](C(F)F)C2. The van der Waals surface area contributed by atoms with Crippen LogP contribution in [0.25, 0.3) is 0 Å². The molecule has 2 atom stereocenters. The average Bonchev–Trinajstić information content (AvgIpc) is 2.70. The standard InChI is InChI=1S/C12H21F2NO/c1-9(2)16-8-12-4-3-5-15(12)7-10(6-12)11(13)14/h9-11H,3-8H2,1-2H3/t10-,12+/m1/s1. The highest BCUT2D eigenvalue weighted by molar-refractivity contribution is 5.03. The van der Waals surface area contributed by atoms with Crippen LogP contribution in [0.2, 0.25) is 0 Å². The summed E-state index contributed by atoms with van der Waals surface area (Å²) >= 11 is 0. The van der Waals surface area contributed by atoms with Crippen LogP contribution in [0.15, 0.2) is 0 Å². The van der Waals surface area contributed by atoms with Gasteiger partial charge in [-0.3, -0.25) is 4.90 Å². The highest BCUT2D eigenvalue weighted by atomic mass is 19.3. The molecular weight excluding hydrogens is 212 g/mol. The molecule has 0 aromatic rings. The first kappa shape index (κ1) is 12.2. The zero-order valence-corrected chi connectivity index (χ0v) is 10.1. The Balaban J connectivity index is 2.00. The number of fused-ring (bicyclic) bond motifs is 1. The minimum Gasteiger partial charge on any atom is -0.377 e. The van der Waals surface area contributed by atoms with E-state index in [0.717, 1.165) is 19.4 Å². The Kier molecular flexibility index (Phi) is 3.50. The Morgan fingerprint density at radius 3 is 2.81 bits per heavy atom. The van der Waals surface area contributed by atoms with Gasteiger partial charge in [0.15, 0.2) is 0 Å². The third-order valence-corrected chi connectivity index (χ3v) is 3.88. The van der Waals surface area contributed by atoms with Crippen LogP contribution < -0.4 is 0 Å². The molecule has 0 amide bonds. The van der Waals surface area contributed by atoms with Crippen molar-refractivity contribution in [3.63, 3.8) is 0 Å². The number of alkyl halides is 2. The molecule has 2 aliphatic rings. The summed E-state index contributed by atoms with van der Waals surface area (Å²) in [5, 5.41) is 0. The van der Waals surface area contributed by atoms with Crippen molar-refractivity contribution in [3.05, 3.63) is 0 Å². The van der Waals surface area contributed by atoms with E-state index in [4.69, 9.17) is 4.74 Å². The topological polar surface area (TPSA) is 12.5 Å². The fraction of sp³-hybridized carbons (Fsp3) is 1.00. The van der Waals surface area contributed by atoms with E-state index >= 15 is 0 Å². The molecule has 2 aliphatic heterocycles. The number of ether oxygens (including phenoxy) is 1. The van der Waals surface area contributed by atoms with Crippen molar-refractivity contribution in [2.75, 3.05) is 19.7 Å². The van der Waals surface area contributed by atoms with Crippen LogP contribution in [0.1, 0.15) is 33.1 Å². The average molecular weight is 233 g/mol. The van der Waals surface area contributed by atoms with Crippen LogP contribution in [0.3, 0.4) is 0 Å². The van der Waals surface area contributed by atoms with Crippen LogP contribution in [0.4, 0.5) is 8.78 Å². The molecule has 2 rings (SSSR count). The number of nitrogens with zero attached hydrogens (tertiary/aromatic N) is 1. The smallest absolute Gasteiger partial charge is 0.242 e. The van der Waals surface area contributed by atoms with Crippen LogP contribution in [0, 0.1) is 5.92 Å². The van der Waals surface area contributed by atoms with Crippen LogP contribution >= 0.6 is 0 Å². The van der Waals surface area contributed by atoms with Gasteiger partial charge in [0.2, 0.25) is 6.43 Å². The van der Waals surface area contributed by atoms with Crippen molar-refractivity contribution in [1.29, 1.82) is 0 Å². The van der Waals surface area contributed by atoms with Gasteiger partial charge in [0, 0.05) is 18.0 Å². The normalized spacial score (nSPS) is 35.2. The molecule has 0 aromatic heterocycles. The van der Waals surface area contributed by atoms with E-state index in [1.165, 1.54) is 0 Å². The van der Waals surface area contributed by atoms with Gasteiger partial charge in [0.1, 0.15) is 0 Å². The molecule has 0 bridgehead atoms. The lowest BCUT2D eigenvalue weighted by atomic mass is 9.91. The summed E-state index contributed by atoms with van der Waals surface area (Å²) in [6, 6.07) is 0. The summed E-state index contributed by atoms with van der Waals surface area (Å²) in [6.45, 7) is 6.13. The van der Waals surface area contributed by atoms with Gasteiger partial charge in [-0.2, -0.15) is 0 Å². The summed E-state index contributed by atoms with van der Waals surface area (Å²) < 4.78 is 31.2. The molecule has 0 aliphatic carbocycles. The number of hydrogen-bond acceptors (Lipinski definition) is 2. The van der Waals surface area contributed by atoms with Crippen molar-refractivity contribution < 1.29 is 13.5 Å². The van der Waals surface area contributed by atoms with E-state index in [0.29, 0.717) is 19.6 Å². The predicted molar refractivity (Wildman–Crippen MR) is 58.7 cm³/mol. The van der Waals surface area contributed by atoms with Crippen LogP contribution in [0.5, 0.6) is 0 Å². The third kappa shape index (κ3) is 2.23. The van der Waals surface area contributed by atoms with E-state index in [1.807, 2.05) is 13.8 Å². The van der Waals surface area contributed by atoms with Crippen LogP contribution in [-0.2, 0) is 4.74 Å². The van der Waals surface area contributed by atoms with E-state index in [2.05, 4.69) is 4.90 Å². The third-order valence-electron chi connectivity index (χ3n) is 3.88. The molecule has 0 unspecified atom stereocenters. The maximum absolute atomic E-state index is 12.7. The molecular formula is C12H21F2NO. The summed E-state index contributed by atoms with van der Waals surface area (Å²) in [5.41, 5.74) is -0.0780. The highest BCUT2D eigenvalue weighted by Crippen LogP contribution is 2.43. The van der Waals surface area contributed by atoms with E-state index in [-0.39, 0.29) is 11.6 Å². The summed E-state index contributed by atoms with van der Waals surface area (Å²) in [7, 11) is 0. The zero-order chi connectivity index (χ0) is 11.8. The number of hydrogen-bond donors (Lipinski definition) is 0. The minimum absolute atomic E-state index is 0.0780. The quantitative estimate of drug-likeness (QED) is 0.740. The zero-order valence-electron chi connectivity index (χ0n) is 10.1. The molecule has 0 saturated carbocycles. The maximum Gasteiger partial charge on any atom is 0.242 e. The second-order valence-corrected chi connectivity index (χ2v) is 5.43. The molecule has 94 valence electrons. The molecule has 2 nitrogen and oxygen atoms in total. The van der Waals surface area contributed by atoms with Crippen molar-refractivity contribution in [3.8, 4) is 0 Å².